The maximum Gasteiger partial charge on any atom is 0.255 e. The molecule has 1 aromatic heterocycles. The first-order valence-electron chi connectivity index (χ1n) is 5.66. The minimum Gasteiger partial charge on any atom is -0.372 e. The van der Waals surface area contributed by atoms with Gasteiger partial charge < -0.3 is 10.6 Å². The molecule has 0 unspecified atom stereocenters. The van der Waals surface area contributed by atoms with E-state index in [2.05, 4.69) is 45.4 Å². The van der Waals surface area contributed by atoms with Crippen LogP contribution >= 0.6 is 15.9 Å². The molecular weight excluding hydrogens is 282 g/mol. The molecule has 0 radical (unpaired) electrons. The van der Waals surface area contributed by atoms with E-state index in [1.54, 1.807) is 19.3 Å². The number of amides is 1. The van der Waals surface area contributed by atoms with E-state index in [9.17, 15) is 4.79 Å². The van der Waals surface area contributed by atoms with E-state index in [4.69, 9.17) is 0 Å². The van der Waals surface area contributed by atoms with Crippen molar-refractivity contribution in [3.8, 4) is 0 Å². The van der Waals surface area contributed by atoms with Crippen LogP contribution in [0.4, 0.5) is 5.82 Å². The van der Waals surface area contributed by atoms with E-state index in [0.717, 1.165) is 10.9 Å². The summed E-state index contributed by atoms with van der Waals surface area (Å²) in [5, 5.41) is 5.80. The normalized spacial score (nSPS) is 10.4. The summed E-state index contributed by atoms with van der Waals surface area (Å²) in [4.78, 5) is 16.1. The molecule has 1 aromatic rings. The monoisotopic (exact) mass is 299 g/mol. The van der Waals surface area contributed by atoms with Gasteiger partial charge in [-0.05, 0) is 34.3 Å². The highest BCUT2D eigenvalue weighted by Crippen LogP contribution is 2.17. The highest BCUT2D eigenvalue weighted by atomic mass is 79.9. The van der Waals surface area contributed by atoms with Gasteiger partial charge in [-0.25, -0.2) is 4.98 Å². The second-order valence-corrected chi connectivity index (χ2v) is 5.15. The molecule has 0 aliphatic rings. The molecule has 0 aromatic carbocycles. The number of nitrogens with zero attached hydrogens (tertiary/aromatic N) is 1. The second kappa shape index (κ2) is 6.59. The Bertz CT molecular complexity index is 393. The number of hydrogen-bond donors (Lipinski definition) is 2. The largest absolute Gasteiger partial charge is 0.372 e. The van der Waals surface area contributed by atoms with Crippen LogP contribution in [0.5, 0.6) is 0 Å². The fourth-order valence-corrected chi connectivity index (χ4v) is 1.71. The van der Waals surface area contributed by atoms with E-state index < -0.39 is 0 Å². The molecule has 2 N–H and O–H groups in total. The number of carbonyl (C=O) groups excluding carboxylic acids is 1. The van der Waals surface area contributed by atoms with Gasteiger partial charge in [-0.2, -0.15) is 0 Å². The van der Waals surface area contributed by atoms with E-state index >= 15 is 0 Å². The predicted molar refractivity (Wildman–Crippen MR) is 73.3 cm³/mol. The molecule has 0 aliphatic carbocycles. The summed E-state index contributed by atoms with van der Waals surface area (Å²) in [6.45, 7) is 4.95. The van der Waals surface area contributed by atoms with Crippen molar-refractivity contribution in [1.82, 2.24) is 10.3 Å². The predicted octanol–water partition coefficient (Wildman–Crippen LogP) is 2.66. The smallest absolute Gasteiger partial charge is 0.255 e. The first kappa shape index (κ1) is 14.0. The lowest BCUT2D eigenvalue weighted by Crippen LogP contribution is -2.26. The molecule has 17 heavy (non-hydrogen) atoms. The van der Waals surface area contributed by atoms with Crippen molar-refractivity contribution in [3.63, 3.8) is 0 Å². The van der Waals surface area contributed by atoms with Gasteiger partial charge in [0.05, 0.1) is 5.56 Å². The molecule has 4 nitrogen and oxygen atoms in total. The summed E-state index contributed by atoms with van der Waals surface area (Å²) in [6.07, 6.45) is 2.64. The van der Waals surface area contributed by atoms with Crippen molar-refractivity contribution in [3.05, 3.63) is 22.3 Å². The first-order chi connectivity index (χ1) is 8.04. The maximum absolute atomic E-state index is 11.9. The van der Waals surface area contributed by atoms with Gasteiger partial charge >= 0.3 is 0 Å². The summed E-state index contributed by atoms with van der Waals surface area (Å²) < 4.78 is 0.797. The third-order valence-electron chi connectivity index (χ3n) is 2.34. The lowest BCUT2D eigenvalue weighted by atomic mass is 10.1. The number of nitrogens with one attached hydrogen (secondary N) is 2. The summed E-state index contributed by atoms with van der Waals surface area (Å²) in [5.41, 5.74) is 0.561. The Morgan fingerprint density at radius 1 is 1.53 bits per heavy atom. The molecule has 0 atom stereocenters. The van der Waals surface area contributed by atoms with E-state index in [0.29, 0.717) is 23.8 Å². The molecule has 0 spiro atoms. The van der Waals surface area contributed by atoms with Crippen molar-refractivity contribution < 1.29 is 4.79 Å². The Morgan fingerprint density at radius 2 is 2.24 bits per heavy atom. The fraction of sp³-hybridized carbons (Fsp3) is 0.500. The lowest BCUT2D eigenvalue weighted by molar-refractivity contribution is 0.0952. The van der Waals surface area contributed by atoms with Crippen LogP contribution < -0.4 is 10.6 Å². The Kier molecular flexibility index (Phi) is 5.41. The van der Waals surface area contributed by atoms with Gasteiger partial charge in [0, 0.05) is 24.3 Å². The zero-order chi connectivity index (χ0) is 12.8. The van der Waals surface area contributed by atoms with Crippen LogP contribution in [0.25, 0.3) is 0 Å². The zero-order valence-electron chi connectivity index (χ0n) is 10.4. The third kappa shape index (κ3) is 4.34. The highest BCUT2D eigenvalue weighted by molar-refractivity contribution is 9.10. The van der Waals surface area contributed by atoms with Gasteiger partial charge in [0.15, 0.2) is 0 Å². The fourth-order valence-electron chi connectivity index (χ4n) is 1.38. The first-order valence-corrected chi connectivity index (χ1v) is 6.45. The molecule has 0 saturated heterocycles. The molecule has 1 heterocycles. The molecule has 94 valence electrons. The summed E-state index contributed by atoms with van der Waals surface area (Å²) >= 11 is 3.31. The molecular formula is C12H18BrN3O. The maximum atomic E-state index is 11.9. The van der Waals surface area contributed by atoms with Gasteiger partial charge in [-0.15, -0.1) is 0 Å². The Labute approximate surface area is 110 Å². The molecule has 0 bridgehead atoms. The highest BCUT2D eigenvalue weighted by Gasteiger charge is 2.12. The van der Waals surface area contributed by atoms with Crippen LogP contribution in [0, 0.1) is 5.92 Å². The van der Waals surface area contributed by atoms with Crippen molar-refractivity contribution in [2.45, 2.75) is 20.3 Å². The summed E-state index contributed by atoms with van der Waals surface area (Å²) in [6, 6.07) is 1.77. The van der Waals surface area contributed by atoms with Gasteiger partial charge in [0.25, 0.3) is 5.91 Å². The number of anilines is 1. The molecule has 1 amide bonds. The average Bonchev–Trinajstić information content (AvgIpc) is 2.28. The van der Waals surface area contributed by atoms with Crippen molar-refractivity contribution >= 4 is 27.7 Å². The number of carbonyl (C=O) groups is 1. The molecule has 0 saturated carbocycles. The van der Waals surface area contributed by atoms with Gasteiger partial charge in [-0.3, -0.25) is 4.79 Å². The van der Waals surface area contributed by atoms with Crippen LogP contribution in [0.3, 0.4) is 0 Å². The minimum atomic E-state index is -0.0937. The van der Waals surface area contributed by atoms with Gasteiger partial charge in [0.1, 0.15) is 5.82 Å². The van der Waals surface area contributed by atoms with Gasteiger partial charge in [-0.1, -0.05) is 13.8 Å². The Morgan fingerprint density at radius 3 is 2.82 bits per heavy atom. The van der Waals surface area contributed by atoms with Crippen LogP contribution in [-0.4, -0.2) is 24.5 Å². The van der Waals surface area contributed by atoms with Crippen LogP contribution in [-0.2, 0) is 0 Å². The quantitative estimate of drug-likeness (QED) is 0.879. The van der Waals surface area contributed by atoms with E-state index in [-0.39, 0.29) is 5.91 Å². The number of halogens is 1. The van der Waals surface area contributed by atoms with Crippen molar-refractivity contribution in [1.29, 1.82) is 0 Å². The van der Waals surface area contributed by atoms with Crippen LogP contribution in [0.15, 0.2) is 16.7 Å². The summed E-state index contributed by atoms with van der Waals surface area (Å²) in [5.74, 6) is 1.08. The second-order valence-electron chi connectivity index (χ2n) is 4.24. The minimum absolute atomic E-state index is 0.0937. The van der Waals surface area contributed by atoms with Crippen molar-refractivity contribution in [2.24, 2.45) is 5.92 Å². The number of pyridine rings is 1. The SMILES string of the molecule is CNc1ncc(Br)cc1C(=O)NCCC(C)C. The third-order valence-corrected chi connectivity index (χ3v) is 2.78. The number of hydrogen-bond acceptors (Lipinski definition) is 3. The van der Waals surface area contributed by atoms with Crippen LogP contribution in [0.2, 0.25) is 0 Å². The summed E-state index contributed by atoms with van der Waals surface area (Å²) in [7, 11) is 1.75. The molecule has 0 fully saturated rings. The van der Waals surface area contributed by atoms with Crippen LogP contribution in [0.1, 0.15) is 30.6 Å². The van der Waals surface area contributed by atoms with Gasteiger partial charge in [0.2, 0.25) is 0 Å². The Balaban J connectivity index is 2.70. The number of rotatable bonds is 5. The van der Waals surface area contributed by atoms with Crippen molar-refractivity contribution in [2.75, 3.05) is 18.9 Å². The number of aromatic nitrogens is 1. The standard InChI is InChI=1S/C12H18BrN3O/c1-8(2)4-5-15-12(17)10-6-9(13)7-16-11(10)14-3/h6-8H,4-5H2,1-3H3,(H,14,16)(H,15,17). The zero-order valence-corrected chi connectivity index (χ0v) is 12.0. The topological polar surface area (TPSA) is 54.0 Å². The molecule has 1 rings (SSSR count). The Hall–Kier alpha value is -1.10. The molecule has 0 aliphatic heterocycles. The lowest BCUT2D eigenvalue weighted by Gasteiger charge is -2.10. The van der Waals surface area contributed by atoms with E-state index in [1.807, 2.05) is 0 Å². The van der Waals surface area contributed by atoms with E-state index in [1.165, 1.54) is 0 Å². The average molecular weight is 300 g/mol. The molecule has 5 heteroatoms.